The number of nitrogens with zero attached hydrogens (tertiary/aromatic N) is 3. The number of nitrogens with two attached hydrogens (primary N) is 1. The van der Waals surface area contributed by atoms with Crippen molar-refractivity contribution in [2.75, 3.05) is 0 Å². The summed E-state index contributed by atoms with van der Waals surface area (Å²) in [5.74, 6) is 0.915. The molecule has 0 saturated heterocycles. The number of pyridine rings is 1. The Balaban J connectivity index is 2.28. The molecular formula is C12H16N4O. The van der Waals surface area contributed by atoms with E-state index in [2.05, 4.69) is 15.1 Å². The molecule has 0 aliphatic carbocycles. The Morgan fingerprint density at radius 3 is 2.65 bits per heavy atom. The van der Waals surface area contributed by atoms with Gasteiger partial charge < -0.3 is 10.3 Å². The first-order valence-corrected chi connectivity index (χ1v) is 5.49. The van der Waals surface area contributed by atoms with Gasteiger partial charge in [0.25, 0.3) is 0 Å². The lowest BCUT2D eigenvalue weighted by atomic mass is 9.87. The fourth-order valence-electron chi connectivity index (χ4n) is 1.33. The van der Waals surface area contributed by atoms with E-state index in [4.69, 9.17) is 10.3 Å². The summed E-state index contributed by atoms with van der Waals surface area (Å²) in [7, 11) is 0. The van der Waals surface area contributed by atoms with Gasteiger partial charge in [-0.15, -0.1) is 0 Å². The summed E-state index contributed by atoms with van der Waals surface area (Å²) in [6, 6.07) is 5.26. The first kappa shape index (κ1) is 11.7. The lowest BCUT2D eigenvalue weighted by Crippen LogP contribution is -2.26. The molecule has 1 unspecified atom stereocenters. The molecule has 0 aromatic carbocycles. The molecule has 0 spiro atoms. The molecule has 0 aliphatic rings. The predicted octanol–water partition coefficient (Wildman–Crippen LogP) is 2.18. The lowest BCUT2D eigenvalue weighted by molar-refractivity contribution is 0.253. The normalized spacial score (nSPS) is 13.6. The highest BCUT2D eigenvalue weighted by Crippen LogP contribution is 2.30. The Kier molecular flexibility index (Phi) is 2.93. The summed E-state index contributed by atoms with van der Waals surface area (Å²) >= 11 is 0. The summed E-state index contributed by atoms with van der Waals surface area (Å²) in [5, 5.41) is 3.89. The van der Waals surface area contributed by atoms with Crippen LogP contribution in [0, 0.1) is 5.41 Å². The first-order valence-electron chi connectivity index (χ1n) is 5.49. The molecule has 17 heavy (non-hydrogen) atoms. The van der Waals surface area contributed by atoms with Crippen molar-refractivity contribution in [1.82, 2.24) is 15.1 Å². The van der Waals surface area contributed by atoms with Crippen LogP contribution in [0.15, 0.2) is 28.9 Å². The Bertz CT molecular complexity index is 487. The molecule has 2 aromatic rings. The first-order chi connectivity index (χ1) is 7.98. The minimum Gasteiger partial charge on any atom is -0.337 e. The number of hydrogen-bond donors (Lipinski definition) is 1. The van der Waals surface area contributed by atoms with Gasteiger partial charge in [-0.25, -0.2) is 0 Å². The predicted molar refractivity (Wildman–Crippen MR) is 63.9 cm³/mol. The van der Waals surface area contributed by atoms with Gasteiger partial charge in [-0.1, -0.05) is 32.0 Å². The van der Waals surface area contributed by atoms with Crippen molar-refractivity contribution in [3.63, 3.8) is 0 Å². The maximum absolute atomic E-state index is 6.05. The van der Waals surface area contributed by atoms with Gasteiger partial charge in [0.05, 0.1) is 6.04 Å². The monoisotopic (exact) mass is 232 g/mol. The SMILES string of the molecule is CC(C)(C)C(N)c1nc(-c2ccccn2)no1. The second kappa shape index (κ2) is 4.25. The van der Waals surface area contributed by atoms with Crippen molar-refractivity contribution in [3.05, 3.63) is 30.3 Å². The molecule has 90 valence electrons. The van der Waals surface area contributed by atoms with E-state index in [9.17, 15) is 0 Å². The third-order valence-corrected chi connectivity index (χ3v) is 2.53. The fourth-order valence-corrected chi connectivity index (χ4v) is 1.33. The topological polar surface area (TPSA) is 77.8 Å². The van der Waals surface area contributed by atoms with E-state index in [1.54, 1.807) is 6.20 Å². The molecule has 2 rings (SSSR count). The Labute approximate surface area is 100 Å². The molecule has 0 radical (unpaired) electrons. The van der Waals surface area contributed by atoms with Gasteiger partial charge in [0.1, 0.15) is 5.69 Å². The Morgan fingerprint density at radius 1 is 1.29 bits per heavy atom. The molecule has 0 saturated carbocycles. The maximum atomic E-state index is 6.05. The van der Waals surface area contributed by atoms with Crippen LogP contribution in [0.2, 0.25) is 0 Å². The van der Waals surface area contributed by atoms with E-state index in [-0.39, 0.29) is 11.5 Å². The maximum Gasteiger partial charge on any atom is 0.244 e. The lowest BCUT2D eigenvalue weighted by Gasteiger charge is -2.23. The largest absolute Gasteiger partial charge is 0.337 e. The highest BCUT2D eigenvalue weighted by atomic mass is 16.5. The van der Waals surface area contributed by atoms with Crippen molar-refractivity contribution in [3.8, 4) is 11.5 Å². The van der Waals surface area contributed by atoms with E-state index in [0.29, 0.717) is 17.4 Å². The molecule has 2 N–H and O–H groups in total. The average molecular weight is 232 g/mol. The zero-order chi connectivity index (χ0) is 12.5. The minimum atomic E-state index is -0.285. The zero-order valence-electron chi connectivity index (χ0n) is 10.2. The van der Waals surface area contributed by atoms with E-state index >= 15 is 0 Å². The van der Waals surface area contributed by atoms with Crippen molar-refractivity contribution in [2.24, 2.45) is 11.1 Å². The second-order valence-electron chi connectivity index (χ2n) is 5.01. The summed E-state index contributed by atoms with van der Waals surface area (Å²) in [5.41, 5.74) is 6.61. The molecule has 0 bridgehead atoms. The van der Waals surface area contributed by atoms with E-state index < -0.39 is 0 Å². The Morgan fingerprint density at radius 2 is 2.06 bits per heavy atom. The van der Waals surface area contributed by atoms with E-state index in [0.717, 1.165) is 0 Å². The van der Waals surface area contributed by atoms with Gasteiger partial charge in [0, 0.05) is 6.20 Å². The van der Waals surface area contributed by atoms with Crippen LogP contribution in [0.1, 0.15) is 32.7 Å². The summed E-state index contributed by atoms with van der Waals surface area (Å²) in [4.78, 5) is 8.44. The van der Waals surface area contributed by atoms with Crippen LogP contribution in [0.25, 0.3) is 11.5 Å². The molecule has 5 heteroatoms. The van der Waals surface area contributed by atoms with Gasteiger partial charge in [0.15, 0.2) is 0 Å². The van der Waals surface area contributed by atoms with Crippen molar-refractivity contribution >= 4 is 0 Å². The van der Waals surface area contributed by atoms with Gasteiger partial charge in [-0.3, -0.25) is 4.98 Å². The third kappa shape index (κ3) is 2.50. The van der Waals surface area contributed by atoms with Crippen LogP contribution in [-0.4, -0.2) is 15.1 Å². The van der Waals surface area contributed by atoms with Crippen LogP contribution in [0.3, 0.4) is 0 Å². The molecule has 0 fully saturated rings. The molecular weight excluding hydrogens is 216 g/mol. The highest BCUT2D eigenvalue weighted by molar-refractivity contribution is 5.47. The summed E-state index contributed by atoms with van der Waals surface area (Å²) in [6.07, 6.45) is 1.69. The van der Waals surface area contributed by atoms with Crippen LogP contribution in [-0.2, 0) is 0 Å². The molecule has 0 aliphatic heterocycles. The van der Waals surface area contributed by atoms with E-state index in [1.165, 1.54) is 0 Å². The van der Waals surface area contributed by atoms with Crippen LogP contribution in [0.5, 0.6) is 0 Å². The quantitative estimate of drug-likeness (QED) is 0.858. The van der Waals surface area contributed by atoms with Gasteiger partial charge in [-0.05, 0) is 17.5 Å². The van der Waals surface area contributed by atoms with E-state index in [1.807, 2.05) is 39.0 Å². The van der Waals surface area contributed by atoms with Gasteiger partial charge in [-0.2, -0.15) is 4.98 Å². The molecule has 0 amide bonds. The second-order valence-corrected chi connectivity index (χ2v) is 5.01. The molecule has 1 atom stereocenters. The summed E-state index contributed by atoms with van der Waals surface area (Å²) < 4.78 is 5.18. The molecule has 5 nitrogen and oxygen atoms in total. The fraction of sp³-hybridized carbons (Fsp3) is 0.417. The highest BCUT2D eigenvalue weighted by Gasteiger charge is 2.27. The van der Waals surface area contributed by atoms with Crippen LogP contribution < -0.4 is 5.73 Å². The number of hydrogen-bond acceptors (Lipinski definition) is 5. The number of rotatable bonds is 2. The standard InChI is InChI=1S/C12H16N4O/c1-12(2,3)9(13)11-15-10(16-17-11)8-6-4-5-7-14-8/h4-7,9H,13H2,1-3H3. The number of aromatic nitrogens is 3. The zero-order valence-corrected chi connectivity index (χ0v) is 10.2. The van der Waals surface area contributed by atoms with Crippen LogP contribution >= 0.6 is 0 Å². The summed E-state index contributed by atoms with van der Waals surface area (Å²) in [6.45, 7) is 6.09. The minimum absolute atomic E-state index is 0.117. The Hall–Kier alpha value is -1.75. The molecule has 2 aromatic heterocycles. The van der Waals surface area contributed by atoms with Crippen molar-refractivity contribution in [1.29, 1.82) is 0 Å². The van der Waals surface area contributed by atoms with Crippen molar-refractivity contribution < 1.29 is 4.52 Å². The van der Waals surface area contributed by atoms with Gasteiger partial charge >= 0.3 is 0 Å². The van der Waals surface area contributed by atoms with Crippen LogP contribution in [0.4, 0.5) is 0 Å². The average Bonchev–Trinajstić information content (AvgIpc) is 2.77. The third-order valence-electron chi connectivity index (χ3n) is 2.53. The molecule has 2 heterocycles. The smallest absolute Gasteiger partial charge is 0.244 e. The van der Waals surface area contributed by atoms with Gasteiger partial charge in [0.2, 0.25) is 11.7 Å². The van der Waals surface area contributed by atoms with Crippen molar-refractivity contribution in [2.45, 2.75) is 26.8 Å².